The number of nitrogens with zero attached hydrogens (tertiary/aromatic N) is 2. The van der Waals surface area contributed by atoms with Gasteiger partial charge >= 0.3 is 12.1 Å². The van der Waals surface area contributed by atoms with Crippen molar-refractivity contribution in [1.82, 2.24) is 15.2 Å². The molecule has 1 amide bonds. The monoisotopic (exact) mass is 565 g/mol. The van der Waals surface area contributed by atoms with Gasteiger partial charge in [-0.3, -0.25) is 14.6 Å². The number of halogens is 3. The molecule has 2 saturated carbocycles. The van der Waals surface area contributed by atoms with E-state index in [1.807, 2.05) is 0 Å². The van der Waals surface area contributed by atoms with E-state index < -0.39 is 17.2 Å². The van der Waals surface area contributed by atoms with Crippen LogP contribution in [0.25, 0.3) is 0 Å². The van der Waals surface area contributed by atoms with Gasteiger partial charge in [0.15, 0.2) is 0 Å². The van der Waals surface area contributed by atoms with Crippen LogP contribution in [-0.4, -0.2) is 60.7 Å². The van der Waals surface area contributed by atoms with E-state index in [0.29, 0.717) is 43.5 Å². The Morgan fingerprint density at radius 2 is 1.85 bits per heavy atom. The van der Waals surface area contributed by atoms with Crippen LogP contribution < -0.4 is 5.32 Å². The summed E-state index contributed by atoms with van der Waals surface area (Å²) in [4.78, 5) is 32.2. The largest absolute Gasteiger partial charge is 0.469 e. The highest BCUT2D eigenvalue weighted by atomic mass is 19.4. The van der Waals surface area contributed by atoms with Gasteiger partial charge in [0.05, 0.1) is 24.0 Å². The fraction of sp³-hybridized carbons (Fsp3) is 0.767. The SMILES string of the molecule is COC(=O)C1CC2COCC(CC(N[C@@H]3CC[C@@](C(=O)N4CCc5ncc(C(F)(F)F)cc5C4)(C(C)C)C3)C2)C1. The number of hydrogen-bond acceptors (Lipinski definition) is 6. The second-order valence-corrected chi connectivity index (χ2v) is 12.9. The van der Waals surface area contributed by atoms with Gasteiger partial charge in [0.2, 0.25) is 5.91 Å². The number of aromatic nitrogens is 1. The van der Waals surface area contributed by atoms with Crippen molar-refractivity contribution in [2.24, 2.45) is 29.1 Å². The molecule has 4 fully saturated rings. The lowest BCUT2D eigenvalue weighted by Gasteiger charge is -2.40. The van der Waals surface area contributed by atoms with Crippen molar-refractivity contribution in [2.75, 3.05) is 26.9 Å². The van der Waals surface area contributed by atoms with Crippen molar-refractivity contribution in [3.63, 3.8) is 0 Å². The Labute approximate surface area is 234 Å². The quantitative estimate of drug-likeness (QED) is 0.519. The lowest BCUT2D eigenvalue weighted by molar-refractivity contribution is -0.148. The number of ether oxygens (including phenoxy) is 2. The van der Waals surface area contributed by atoms with Crippen LogP contribution in [0, 0.1) is 29.1 Å². The molecular formula is C30H42F3N3O4. The lowest BCUT2D eigenvalue weighted by atomic mass is 9.73. The number of amides is 1. The predicted molar refractivity (Wildman–Crippen MR) is 142 cm³/mol. The van der Waals surface area contributed by atoms with Crippen molar-refractivity contribution in [3.05, 3.63) is 29.1 Å². The van der Waals surface area contributed by atoms with Crippen LogP contribution >= 0.6 is 0 Å². The molecule has 0 radical (unpaired) electrons. The number of hydrogen-bond donors (Lipinski definition) is 1. The molecule has 5 aliphatic rings. The number of carbonyl (C=O) groups is 2. The maximum Gasteiger partial charge on any atom is 0.417 e. The molecule has 4 atom stereocenters. The Balaban J connectivity index is 1.26. The minimum Gasteiger partial charge on any atom is -0.469 e. The van der Waals surface area contributed by atoms with Crippen molar-refractivity contribution in [3.8, 4) is 0 Å². The summed E-state index contributed by atoms with van der Waals surface area (Å²) in [5.41, 5.74) is -0.165. The smallest absolute Gasteiger partial charge is 0.417 e. The number of rotatable bonds is 5. The van der Waals surface area contributed by atoms with Gasteiger partial charge in [-0.2, -0.15) is 13.2 Å². The molecule has 1 N–H and O–H groups in total. The molecule has 222 valence electrons. The van der Waals surface area contributed by atoms with Crippen LogP contribution in [0.1, 0.15) is 75.6 Å². The summed E-state index contributed by atoms with van der Waals surface area (Å²) in [6, 6.07) is 1.65. The molecule has 0 spiro atoms. The van der Waals surface area contributed by atoms with Gasteiger partial charge in [0.25, 0.3) is 0 Å². The number of esters is 1. The number of nitrogens with one attached hydrogen (secondary N) is 1. The maximum atomic E-state index is 14.1. The van der Waals surface area contributed by atoms with Gasteiger partial charge in [-0.05, 0) is 74.3 Å². The third-order valence-corrected chi connectivity index (χ3v) is 9.92. The average molecular weight is 566 g/mol. The second kappa shape index (κ2) is 11.6. The molecule has 7 nitrogen and oxygen atoms in total. The Bertz CT molecular complexity index is 1080. The van der Waals surface area contributed by atoms with Crippen LogP contribution in [-0.2, 0) is 38.2 Å². The minimum absolute atomic E-state index is 0.0544. The third kappa shape index (κ3) is 6.03. The Morgan fingerprint density at radius 1 is 1.15 bits per heavy atom. The first kappa shape index (κ1) is 29.3. The lowest BCUT2D eigenvalue weighted by Crippen LogP contribution is -2.49. The van der Waals surface area contributed by atoms with E-state index in [9.17, 15) is 22.8 Å². The number of methoxy groups -OCH3 is 1. The fourth-order valence-electron chi connectivity index (χ4n) is 7.75. The maximum absolute atomic E-state index is 14.1. The zero-order chi connectivity index (χ0) is 28.7. The highest BCUT2D eigenvalue weighted by Gasteiger charge is 2.50. The molecule has 4 heterocycles. The van der Waals surface area contributed by atoms with Gasteiger partial charge in [0, 0.05) is 56.7 Å². The molecule has 6 rings (SSSR count). The van der Waals surface area contributed by atoms with E-state index >= 15 is 0 Å². The molecule has 2 bridgehead atoms. The second-order valence-electron chi connectivity index (χ2n) is 12.9. The Morgan fingerprint density at radius 3 is 2.48 bits per heavy atom. The van der Waals surface area contributed by atoms with Crippen molar-refractivity contribution >= 4 is 11.9 Å². The summed E-state index contributed by atoms with van der Waals surface area (Å²) >= 11 is 0. The van der Waals surface area contributed by atoms with E-state index in [4.69, 9.17) is 9.47 Å². The summed E-state index contributed by atoms with van der Waals surface area (Å²) in [5, 5.41) is 3.90. The third-order valence-electron chi connectivity index (χ3n) is 9.92. The van der Waals surface area contributed by atoms with Crippen molar-refractivity contribution < 1.29 is 32.2 Å². The Kier molecular flexibility index (Phi) is 8.49. The predicted octanol–water partition coefficient (Wildman–Crippen LogP) is 4.76. The van der Waals surface area contributed by atoms with Gasteiger partial charge in [-0.25, -0.2) is 0 Å². The number of fused-ring (bicyclic) bond motifs is 7. The first-order chi connectivity index (χ1) is 19.0. The van der Waals surface area contributed by atoms with Crippen molar-refractivity contribution in [2.45, 2.75) is 90.0 Å². The van der Waals surface area contributed by atoms with Crippen LogP contribution in [0.5, 0.6) is 0 Å². The zero-order valence-corrected chi connectivity index (χ0v) is 23.8. The molecular weight excluding hydrogens is 523 g/mol. The molecule has 2 saturated heterocycles. The van der Waals surface area contributed by atoms with Crippen molar-refractivity contribution in [1.29, 1.82) is 0 Å². The molecule has 2 unspecified atom stereocenters. The summed E-state index contributed by atoms with van der Waals surface area (Å²) < 4.78 is 50.9. The first-order valence-corrected chi connectivity index (χ1v) is 14.7. The highest BCUT2D eigenvalue weighted by molar-refractivity contribution is 5.83. The van der Waals surface area contributed by atoms with E-state index in [1.165, 1.54) is 7.11 Å². The molecule has 1 aromatic heterocycles. The number of carbonyl (C=O) groups excluding carboxylic acids is 2. The normalized spacial score (nSPS) is 32.8. The first-order valence-electron chi connectivity index (χ1n) is 14.7. The standard InChI is InChI=1S/C30H42F3N3O4/c1-18(2)29(28(38)36-7-5-26-22(15-36)12-23(14-34-26)30(31,32)33)6-4-24(13-29)35-25-10-19-8-21(27(37)39-3)9-20(11-25)17-40-16-19/h12,14,18-21,24-25,35H,4-11,13,15-17H2,1-3H3/t19?,20?,21?,24-,25?,29+/m1/s1. The molecule has 1 aromatic rings. The van der Waals surface area contributed by atoms with E-state index in [0.717, 1.165) is 57.2 Å². The van der Waals surface area contributed by atoms with Gasteiger partial charge < -0.3 is 19.7 Å². The topological polar surface area (TPSA) is 80.8 Å². The molecule has 2 aliphatic carbocycles. The average Bonchev–Trinajstić information content (AvgIpc) is 3.32. The van der Waals surface area contributed by atoms with E-state index in [1.54, 1.807) is 4.90 Å². The Hall–Kier alpha value is -2.20. The van der Waals surface area contributed by atoms with Crippen LogP contribution in [0.4, 0.5) is 13.2 Å². The van der Waals surface area contributed by atoms with E-state index in [2.05, 4.69) is 24.1 Å². The highest BCUT2D eigenvalue weighted by Crippen LogP contribution is 2.47. The van der Waals surface area contributed by atoms with Crippen LogP contribution in [0.2, 0.25) is 0 Å². The van der Waals surface area contributed by atoms with Gasteiger partial charge in [-0.15, -0.1) is 0 Å². The van der Waals surface area contributed by atoms with Crippen LogP contribution in [0.15, 0.2) is 12.3 Å². The molecule has 10 heteroatoms. The molecule has 0 aromatic carbocycles. The van der Waals surface area contributed by atoms with Gasteiger partial charge in [-0.1, -0.05) is 13.8 Å². The molecule has 3 aliphatic heterocycles. The van der Waals surface area contributed by atoms with Crippen LogP contribution in [0.3, 0.4) is 0 Å². The van der Waals surface area contributed by atoms with Gasteiger partial charge in [0.1, 0.15) is 0 Å². The summed E-state index contributed by atoms with van der Waals surface area (Å²) in [6.45, 7) is 6.14. The van der Waals surface area contributed by atoms with E-state index in [-0.39, 0.29) is 48.1 Å². The summed E-state index contributed by atoms with van der Waals surface area (Å²) in [7, 11) is 1.46. The number of pyridine rings is 1. The molecule has 40 heavy (non-hydrogen) atoms. The number of alkyl halides is 3. The summed E-state index contributed by atoms with van der Waals surface area (Å²) in [5.74, 6) is 0.538. The zero-order valence-electron chi connectivity index (χ0n) is 23.8. The summed E-state index contributed by atoms with van der Waals surface area (Å²) in [6.07, 6.45) is 2.70. The minimum atomic E-state index is -4.46. The fourth-order valence-corrected chi connectivity index (χ4v) is 7.75.